The van der Waals surface area contributed by atoms with E-state index < -0.39 is 5.41 Å². The van der Waals surface area contributed by atoms with Crippen LogP contribution in [0.4, 0.5) is 5.82 Å². The van der Waals surface area contributed by atoms with Gasteiger partial charge in [0.1, 0.15) is 12.1 Å². The molecule has 0 radical (unpaired) electrons. The minimum absolute atomic E-state index is 0.0246. The summed E-state index contributed by atoms with van der Waals surface area (Å²) in [6.07, 6.45) is 16.5. The monoisotopic (exact) mass is 479 g/mol. The van der Waals surface area contributed by atoms with Gasteiger partial charge in [-0.25, -0.2) is 9.97 Å². The standard InChI is InChI=1S/C28H41N5O2/c1-7-9-10-22(8-2)28(32(5)6)14-12-27(13-15-28)19-24(34)33(20-27)18-16-26(3,4)25(35)31-23-11-17-29-21-30-23/h7-11,17,21H,2,12-16,18-20H2,1,3-6H3,(H,29,30,31,35)/b9-7-,22-10+. The minimum Gasteiger partial charge on any atom is -0.342 e. The van der Waals surface area contributed by atoms with Gasteiger partial charge in [0.05, 0.1) is 0 Å². The Bertz CT molecular complexity index is 972. The molecule has 1 saturated heterocycles. The Hall–Kier alpha value is -2.80. The van der Waals surface area contributed by atoms with Crippen molar-refractivity contribution in [1.29, 1.82) is 0 Å². The molecule has 0 aromatic carbocycles. The molecule has 2 aliphatic rings. The first-order valence-corrected chi connectivity index (χ1v) is 12.6. The Labute approximate surface area is 210 Å². The molecule has 1 saturated carbocycles. The molecule has 3 rings (SSSR count). The lowest BCUT2D eigenvalue weighted by Gasteiger charge is -2.49. The maximum atomic E-state index is 13.0. The van der Waals surface area contributed by atoms with Crippen LogP contribution in [-0.2, 0) is 9.59 Å². The molecule has 0 atom stereocenters. The highest BCUT2D eigenvalue weighted by atomic mass is 16.2. The largest absolute Gasteiger partial charge is 0.342 e. The number of nitrogens with zero attached hydrogens (tertiary/aromatic N) is 4. The van der Waals surface area contributed by atoms with Gasteiger partial charge >= 0.3 is 0 Å². The molecular formula is C28H41N5O2. The molecule has 1 aromatic heterocycles. The molecule has 0 bridgehead atoms. The second-order valence-corrected chi connectivity index (χ2v) is 11.0. The van der Waals surface area contributed by atoms with Crippen LogP contribution in [0.5, 0.6) is 0 Å². The average molecular weight is 480 g/mol. The van der Waals surface area contributed by atoms with E-state index in [1.54, 1.807) is 12.3 Å². The number of carbonyl (C=O) groups excluding carboxylic acids is 2. The van der Waals surface area contributed by atoms with E-state index in [1.807, 2.05) is 37.8 Å². The first-order chi connectivity index (χ1) is 16.6. The molecule has 35 heavy (non-hydrogen) atoms. The molecule has 1 aliphatic heterocycles. The predicted octanol–water partition coefficient (Wildman–Crippen LogP) is 4.61. The van der Waals surface area contributed by atoms with Crippen molar-refractivity contribution in [3.05, 3.63) is 55.0 Å². The fourth-order valence-corrected chi connectivity index (χ4v) is 5.50. The van der Waals surface area contributed by atoms with Gasteiger partial charge in [-0.1, -0.05) is 44.7 Å². The van der Waals surface area contributed by atoms with Crippen LogP contribution in [-0.4, -0.2) is 64.3 Å². The van der Waals surface area contributed by atoms with E-state index in [0.717, 1.165) is 32.2 Å². The summed E-state index contributed by atoms with van der Waals surface area (Å²) >= 11 is 0. The summed E-state index contributed by atoms with van der Waals surface area (Å²) in [5.41, 5.74) is 0.596. The number of likely N-dealkylation sites (N-methyl/N-ethyl adjacent to an activating group) is 1. The van der Waals surface area contributed by atoms with Crippen molar-refractivity contribution in [3.8, 4) is 0 Å². The summed E-state index contributed by atoms with van der Waals surface area (Å²) in [5, 5.41) is 2.86. The Morgan fingerprint density at radius 3 is 2.57 bits per heavy atom. The number of rotatable bonds is 9. The highest BCUT2D eigenvalue weighted by Crippen LogP contribution is 2.51. The maximum absolute atomic E-state index is 13.0. The van der Waals surface area contributed by atoms with Gasteiger partial charge in [0, 0.05) is 36.7 Å². The van der Waals surface area contributed by atoms with Gasteiger partial charge in [0.15, 0.2) is 0 Å². The Morgan fingerprint density at radius 2 is 2.00 bits per heavy atom. The van der Waals surface area contributed by atoms with Crippen molar-refractivity contribution in [1.82, 2.24) is 19.8 Å². The zero-order valence-corrected chi connectivity index (χ0v) is 22.0. The topological polar surface area (TPSA) is 78.4 Å². The van der Waals surface area contributed by atoms with Gasteiger partial charge in [0.2, 0.25) is 11.8 Å². The van der Waals surface area contributed by atoms with E-state index >= 15 is 0 Å². The maximum Gasteiger partial charge on any atom is 0.231 e. The van der Waals surface area contributed by atoms with E-state index in [0.29, 0.717) is 25.2 Å². The van der Waals surface area contributed by atoms with E-state index in [1.165, 1.54) is 11.9 Å². The van der Waals surface area contributed by atoms with Gasteiger partial charge in [0.25, 0.3) is 0 Å². The summed E-state index contributed by atoms with van der Waals surface area (Å²) in [4.78, 5) is 38.1. The van der Waals surface area contributed by atoms with E-state index in [4.69, 9.17) is 0 Å². The molecule has 7 heteroatoms. The molecule has 0 unspecified atom stereocenters. The van der Waals surface area contributed by atoms with Gasteiger partial charge in [-0.3, -0.25) is 14.5 Å². The van der Waals surface area contributed by atoms with Crippen LogP contribution in [0.25, 0.3) is 0 Å². The number of hydrogen-bond acceptors (Lipinski definition) is 5. The van der Waals surface area contributed by atoms with Crippen LogP contribution >= 0.6 is 0 Å². The SMILES string of the molecule is C=C/C(=C\C=C/C)C1(N(C)C)CCC2(CC1)CC(=O)N(CCC(C)(C)C(=O)Nc1ccncn1)C2. The predicted molar refractivity (Wildman–Crippen MR) is 141 cm³/mol. The fourth-order valence-electron chi connectivity index (χ4n) is 5.50. The van der Waals surface area contributed by atoms with Crippen molar-refractivity contribution < 1.29 is 9.59 Å². The lowest BCUT2D eigenvalue weighted by Crippen LogP contribution is -2.50. The Morgan fingerprint density at radius 1 is 1.29 bits per heavy atom. The third-order valence-corrected chi connectivity index (χ3v) is 8.07. The number of nitrogens with one attached hydrogen (secondary N) is 1. The zero-order valence-electron chi connectivity index (χ0n) is 22.0. The number of allylic oxidation sites excluding steroid dienone is 3. The van der Waals surface area contributed by atoms with Gasteiger partial charge < -0.3 is 10.2 Å². The second kappa shape index (κ2) is 10.9. The summed E-state index contributed by atoms with van der Waals surface area (Å²) in [6.45, 7) is 11.3. The summed E-state index contributed by atoms with van der Waals surface area (Å²) in [6, 6.07) is 1.67. The number of carbonyl (C=O) groups is 2. The van der Waals surface area contributed by atoms with Gasteiger partial charge in [-0.2, -0.15) is 0 Å². The van der Waals surface area contributed by atoms with Crippen LogP contribution in [0.2, 0.25) is 0 Å². The number of hydrogen-bond donors (Lipinski definition) is 1. The Kier molecular flexibility index (Phi) is 8.31. The van der Waals surface area contributed by atoms with Crippen molar-refractivity contribution in [2.24, 2.45) is 10.8 Å². The van der Waals surface area contributed by atoms with Crippen LogP contribution < -0.4 is 5.32 Å². The van der Waals surface area contributed by atoms with Gasteiger partial charge in [-0.15, -0.1) is 0 Å². The number of likely N-dealkylation sites (tertiary alicyclic amines) is 1. The van der Waals surface area contributed by atoms with E-state index in [2.05, 4.69) is 53.0 Å². The first kappa shape index (κ1) is 26.8. The second-order valence-electron chi connectivity index (χ2n) is 11.0. The van der Waals surface area contributed by atoms with E-state index in [-0.39, 0.29) is 22.8 Å². The third-order valence-electron chi connectivity index (χ3n) is 8.07. The molecule has 2 amide bonds. The normalized spacial score (nSPS) is 25.6. The molecule has 2 heterocycles. The number of amides is 2. The van der Waals surface area contributed by atoms with Gasteiger partial charge in [-0.05, 0) is 70.2 Å². The van der Waals surface area contributed by atoms with E-state index in [9.17, 15) is 9.59 Å². The highest BCUT2D eigenvalue weighted by molar-refractivity contribution is 5.94. The summed E-state index contributed by atoms with van der Waals surface area (Å²) in [5.74, 6) is 0.599. The van der Waals surface area contributed by atoms with Crippen molar-refractivity contribution >= 4 is 17.6 Å². The smallest absolute Gasteiger partial charge is 0.231 e. The zero-order chi connectivity index (χ0) is 25.7. The lowest BCUT2D eigenvalue weighted by atomic mass is 9.64. The molecule has 1 spiro atoms. The summed E-state index contributed by atoms with van der Waals surface area (Å²) in [7, 11) is 4.29. The Balaban J connectivity index is 1.62. The molecule has 2 fully saturated rings. The molecule has 1 aliphatic carbocycles. The third kappa shape index (κ3) is 5.89. The van der Waals surface area contributed by atoms with Crippen LogP contribution in [0, 0.1) is 10.8 Å². The quantitative estimate of drug-likeness (QED) is 0.523. The highest BCUT2D eigenvalue weighted by Gasteiger charge is 2.50. The molecular weight excluding hydrogens is 438 g/mol. The van der Waals surface area contributed by atoms with Crippen molar-refractivity contribution in [2.75, 3.05) is 32.5 Å². The molecule has 1 aromatic rings. The minimum atomic E-state index is -0.621. The van der Waals surface area contributed by atoms with Crippen molar-refractivity contribution in [2.45, 2.75) is 64.8 Å². The summed E-state index contributed by atoms with van der Waals surface area (Å²) < 4.78 is 0. The van der Waals surface area contributed by atoms with Crippen LogP contribution in [0.15, 0.2) is 55.0 Å². The molecule has 7 nitrogen and oxygen atoms in total. The van der Waals surface area contributed by atoms with Crippen LogP contribution in [0.1, 0.15) is 59.3 Å². The number of aromatic nitrogens is 2. The fraction of sp³-hybridized carbons (Fsp3) is 0.571. The average Bonchev–Trinajstić information content (AvgIpc) is 3.14. The lowest BCUT2D eigenvalue weighted by molar-refractivity contribution is -0.130. The van der Waals surface area contributed by atoms with Crippen molar-refractivity contribution in [3.63, 3.8) is 0 Å². The van der Waals surface area contributed by atoms with Crippen LogP contribution in [0.3, 0.4) is 0 Å². The number of anilines is 1. The first-order valence-electron chi connectivity index (χ1n) is 12.6. The molecule has 1 N–H and O–H groups in total. The molecule has 190 valence electrons.